The molecule has 1 aromatic heterocycles. The van der Waals surface area contributed by atoms with Gasteiger partial charge >= 0.3 is 11.9 Å². The average Bonchev–Trinajstić information content (AvgIpc) is 3.22. The Balaban J connectivity index is 1.67. The number of halogens is 1. The Labute approximate surface area is 220 Å². The van der Waals surface area contributed by atoms with Gasteiger partial charge in [-0.1, -0.05) is 35.9 Å². The Morgan fingerprint density at radius 2 is 1.68 bits per heavy atom. The van der Waals surface area contributed by atoms with E-state index in [-0.39, 0.29) is 31.6 Å². The number of amides is 1. The van der Waals surface area contributed by atoms with Gasteiger partial charge in [0.25, 0.3) is 0 Å². The second kappa shape index (κ2) is 11.4. The highest BCUT2D eigenvalue weighted by atomic mass is 35.5. The Hall–Kier alpha value is -3.91. The summed E-state index contributed by atoms with van der Waals surface area (Å²) in [6.07, 6.45) is 0.856. The molecule has 9 heteroatoms. The Kier molecular flexibility index (Phi) is 8.08. The number of hydrazone groups is 1. The van der Waals surface area contributed by atoms with E-state index in [0.29, 0.717) is 23.4 Å². The molecular weight excluding hydrogens is 494 g/mol. The van der Waals surface area contributed by atoms with Gasteiger partial charge in [-0.15, -0.1) is 0 Å². The van der Waals surface area contributed by atoms with Crippen LogP contribution in [0.2, 0.25) is 5.02 Å². The van der Waals surface area contributed by atoms with Gasteiger partial charge < -0.3 is 14.0 Å². The topological polar surface area (TPSA) is 90.2 Å². The molecule has 1 aliphatic heterocycles. The van der Waals surface area contributed by atoms with E-state index in [2.05, 4.69) is 5.10 Å². The molecule has 192 valence electrons. The lowest BCUT2D eigenvalue weighted by Crippen LogP contribution is -2.34. The lowest BCUT2D eigenvalue weighted by atomic mass is 10.0. The van der Waals surface area contributed by atoms with E-state index >= 15 is 0 Å². The van der Waals surface area contributed by atoms with Crippen molar-refractivity contribution in [1.82, 2.24) is 9.58 Å². The van der Waals surface area contributed by atoms with Crippen LogP contribution in [0.1, 0.15) is 48.3 Å². The van der Waals surface area contributed by atoms with Crippen molar-refractivity contribution in [2.45, 2.75) is 33.6 Å². The third-order valence-electron chi connectivity index (χ3n) is 6.05. The van der Waals surface area contributed by atoms with Crippen LogP contribution in [0.4, 0.5) is 0 Å². The van der Waals surface area contributed by atoms with Crippen LogP contribution in [0.5, 0.6) is 0 Å². The minimum absolute atomic E-state index is 0.0972. The third-order valence-corrected chi connectivity index (χ3v) is 6.31. The third kappa shape index (κ3) is 5.91. The number of hydrogen-bond acceptors (Lipinski definition) is 6. The number of benzene rings is 2. The molecule has 0 bridgehead atoms. The first-order chi connectivity index (χ1) is 17.8. The molecule has 1 aliphatic rings. The van der Waals surface area contributed by atoms with Crippen molar-refractivity contribution < 1.29 is 23.9 Å². The van der Waals surface area contributed by atoms with Gasteiger partial charge in [0.1, 0.15) is 6.61 Å². The molecule has 0 unspecified atom stereocenters. The molecule has 0 saturated carbocycles. The number of rotatable bonds is 8. The molecule has 0 spiro atoms. The van der Waals surface area contributed by atoms with E-state index in [9.17, 15) is 14.4 Å². The van der Waals surface area contributed by atoms with Crippen molar-refractivity contribution in [2.24, 2.45) is 5.10 Å². The number of carbonyl (C=O) groups is 3. The second-order valence-corrected chi connectivity index (χ2v) is 8.98. The lowest BCUT2D eigenvalue weighted by molar-refractivity contribution is -0.143. The fourth-order valence-corrected chi connectivity index (χ4v) is 4.38. The molecule has 0 N–H and O–H groups in total. The van der Waals surface area contributed by atoms with E-state index in [0.717, 1.165) is 33.9 Å². The average molecular weight is 522 g/mol. The maximum atomic E-state index is 12.6. The maximum Gasteiger partial charge on any atom is 0.339 e. The van der Waals surface area contributed by atoms with Crippen LogP contribution in [-0.2, 0) is 19.1 Å². The Bertz CT molecular complexity index is 1340. The summed E-state index contributed by atoms with van der Waals surface area (Å²) >= 11 is 6.10. The van der Waals surface area contributed by atoms with E-state index < -0.39 is 5.97 Å². The molecule has 0 atom stereocenters. The Morgan fingerprint density at radius 1 is 1.00 bits per heavy atom. The summed E-state index contributed by atoms with van der Waals surface area (Å²) in [4.78, 5) is 35.9. The molecule has 3 aromatic rings. The smallest absolute Gasteiger partial charge is 0.339 e. The van der Waals surface area contributed by atoms with Gasteiger partial charge in [-0.05, 0) is 55.3 Å². The van der Waals surface area contributed by atoms with Crippen molar-refractivity contribution in [1.29, 1.82) is 0 Å². The van der Waals surface area contributed by atoms with Gasteiger partial charge in [-0.3, -0.25) is 9.59 Å². The molecule has 0 saturated heterocycles. The van der Waals surface area contributed by atoms with Gasteiger partial charge in [0, 0.05) is 36.2 Å². The van der Waals surface area contributed by atoms with Gasteiger partial charge in [0.15, 0.2) is 0 Å². The van der Waals surface area contributed by atoms with Crippen LogP contribution in [0.3, 0.4) is 0 Å². The van der Waals surface area contributed by atoms with Crippen LogP contribution in [0.15, 0.2) is 59.7 Å². The van der Waals surface area contributed by atoms with Crippen LogP contribution >= 0.6 is 11.6 Å². The summed E-state index contributed by atoms with van der Waals surface area (Å²) in [6.45, 7) is 5.59. The van der Waals surface area contributed by atoms with Crippen molar-refractivity contribution in [3.63, 3.8) is 0 Å². The predicted octanol–water partition coefficient (Wildman–Crippen LogP) is 5.17. The zero-order chi connectivity index (χ0) is 26.5. The highest BCUT2D eigenvalue weighted by Gasteiger charge is 2.23. The summed E-state index contributed by atoms with van der Waals surface area (Å²) in [5.74, 6) is -0.871. The van der Waals surface area contributed by atoms with Crippen LogP contribution in [0, 0.1) is 6.92 Å². The number of carbonyl (C=O) groups excluding carboxylic acids is 3. The number of hydrogen-bond donors (Lipinski definition) is 0. The van der Waals surface area contributed by atoms with Crippen molar-refractivity contribution in [3.05, 3.63) is 76.4 Å². The van der Waals surface area contributed by atoms with Gasteiger partial charge in [-0.25, -0.2) is 9.80 Å². The van der Waals surface area contributed by atoms with Gasteiger partial charge in [0.05, 0.1) is 30.1 Å². The monoisotopic (exact) mass is 521 g/mol. The van der Waals surface area contributed by atoms with Crippen LogP contribution < -0.4 is 0 Å². The molecule has 1 amide bonds. The van der Waals surface area contributed by atoms with Gasteiger partial charge in [0.2, 0.25) is 5.91 Å². The fourth-order valence-electron chi connectivity index (χ4n) is 4.25. The zero-order valence-electron chi connectivity index (χ0n) is 21.0. The molecule has 0 fully saturated rings. The Morgan fingerprint density at radius 3 is 2.32 bits per heavy atom. The van der Waals surface area contributed by atoms with Gasteiger partial charge in [-0.2, -0.15) is 5.10 Å². The lowest BCUT2D eigenvalue weighted by Gasteiger charge is -2.23. The van der Waals surface area contributed by atoms with Crippen molar-refractivity contribution in [2.75, 3.05) is 19.8 Å². The second-order valence-electron chi connectivity index (χ2n) is 8.54. The summed E-state index contributed by atoms with van der Waals surface area (Å²) in [5, 5.41) is 6.48. The molecule has 0 aliphatic carbocycles. The molecule has 37 heavy (non-hydrogen) atoms. The first-order valence-electron chi connectivity index (χ1n) is 12.1. The first-order valence-corrected chi connectivity index (χ1v) is 12.4. The SMILES string of the molecule is CCOC(=O)c1cc(-c2ccc(Cl)cc2)n(-c2ccc(C3=NN(CCOC(C)=O)C(=O)CC3)cc2)c1C. The first kappa shape index (κ1) is 26.2. The van der Waals surface area contributed by atoms with E-state index in [1.807, 2.05) is 66.1 Å². The highest BCUT2D eigenvalue weighted by Crippen LogP contribution is 2.31. The van der Waals surface area contributed by atoms with Crippen molar-refractivity contribution >= 4 is 35.2 Å². The highest BCUT2D eigenvalue weighted by molar-refractivity contribution is 6.30. The van der Waals surface area contributed by atoms with Crippen molar-refractivity contribution in [3.8, 4) is 16.9 Å². The molecular formula is C28H28ClN3O5. The molecule has 8 nitrogen and oxygen atoms in total. The summed E-state index contributed by atoms with van der Waals surface area (Å²) < 4.78 is 12.2. The number of esters is 2. The van der Waals surface area contributed by atoms with Crippen LogP contribution in [-0.4, -0.2) is 52.9 Å². The molecule has 2 aromatic carbocycles. The largest absolute Gasteiger partial charge is 0.464 e. The molecule has 0 radical (unpaired) electrons. The summed E-state index contributed by atoms with van der Waals surface area (Å²) in [6, 6.07) is 17.1. The molecule has 4 rings (SSSR count). The summed E-state index contributed by atoms with van der Waals surface area (Å²) in [7, 11) is 0. The van der Waals surface area contributed by atoms with E-state index in [1.54, 1.807) is 6.92 Å². The summed E-state index contributed by atoms with van der Waals surface area (Å²) in [5.41, 5.74) is 5.53. The number of aromatic nitrogens is 1. The quantitative estimate of drug-likeness (QED) is 0.381. The van der Waals surface area contributed by atoms with Crippen LogP contribution in [0.25, 0.3) is 16.9 Å². The fraction of sp³-hybridized carbons (Fsp3) is 0.286. The van der Waals surface area contributed by atoms with E-state index in [4.69, 9.17) is 21.1 Å². The standard InChI is InChI=1S/C28H28ClN3O5/c1-4-36-28(35)24-17-26(21-5-9-22(29)10-6-21)32(18(24)2)23-11-7-20(8-12-23)25-13-14-27(34)31(30-25)15-16-37-19(3)33/h5-12,17H,4,13-16H2,1-3H3. The maximum absolute atomic E-state index is 12.6. The minimum atomic E-state index is -0.395. The normalized spacial score (nSPS) is 13.4. The zero-order valence-corrected chi connectivity index (χ0v) is 21.7. The predicted molar refractivity (Wildman–Crippen MR) is 141 cm³/mol. The molecule has 2 heterocycles. The number of ether oxygens (including phenoxy) is 2. The number of nitrogens with zero attached hydrogens (tertiary/aromatic N) is 3. The minimum Gasteiger partial charge on any atom is -0.464 e. The van der Waals surface area contributed by atoms with E-state index in [1.165, 1.54) is 11.9 Å².